The third kappa shape index (κ3) is 5.47. The molecule has 0 fully saturated rings. The van der Waals surface area contributed by atoms with Crippen molar-refractivity contribution in [2.24, 2.45) is 5.92 Å². The number of amides is 1. The number of rotatable bonds is 7. The van der Waals surface area contributed by atoms with Crippen molar-refractivity contribution in [2.45, 2.75) is 33.2 Å². The molecule has 1 N–H and O–H groups in total. The van der Waals surface area contributed by atoms with E-state index in [4.69, 9.17) is 25.5 Å². The minimum atomic E-state index is -0.751. The number of benzene rings is 1. The van der Waals surface area contributed by atoms with E-state index in [1.54, 1.807) is 13.0 Å². The minimum absolute atomic E-state index is 0.191. The number of ether oxygens (including phenoxy) is 2. The van der Waals surface area contributed by atoms with Crippen molar-refractivity contribution < 1.29 is 23.5 Å². The molecular formula is C19H22ClNO6. The first-order valence-corrected chi connectivity index (χ1v) is 8.83. The van der Waals surface area contributed by atoms with E-state index in [2.05, 4.69) is 5.32 Å². The van der Waals surface area contributed by atoms with Gasteiger partial charge in [-0.3, -0.25) is 4.79 Å². The molecular weight excluding hydrogens is 374 g/mol. The third-order valence-corrected chi connectivity index (χ3v) is 4.19. The van der Waals surface area contributed by atoms with Crippen LogP contribution in [0.3, 0.4) is 0 Å². The minimum Gasteiger partial charge on any atom is -0.482 e. The highest BCUT2D eigenvalue weighted by Crippen LogP contribution is 2.30. The molecule has 1 amide bonds. The second-order valence-corrected chi connectivity index (χ2v) is 7.00. The summed E-state index contributed by atoms with van der Waals surface area (Å²) < 4.78 is 15.3. The Morgan fingerprint density at radius 1 is 1.26 bits per heavy atom. The van der Waals surface area contributed by atoms with Crippen LogP contribution < -0.4 is 15.7 Å². The zero-order valence-corrected chi connectivity index (χ0v) is 16.4. The highest BCUT2D eigenvalue weighted by Gasteiger charge is 2.23. The highest BCUT2D eigenvalue weighted by molar-refractivity contribution is 6.32. The Labute approximate surface area is 161 Å². The predicted molar refractivity (Wildman–Crippen MR) is 101 cm³/mol. The number of esters is 1. The van der Waals surface area contributed by atoms with Gasteiger partial charge >= 0.3 is 11.6 Å². The van der Waals surface area contributed by atoms with Crippen LogP contribution in [0.1, 0.15) is 25.8 Å². The highest BCUT2D eigenvalue weighted by atomic mass is 35.5. The summed E-state index contributed by atoms with van der Waals surface area (Å²) in [4.78, 5) is 35.5. The molecule has 2 rings (SSSR count). The zero-order valence-electron chi connectivity index (χ0n) is 15.6. The maximum absolute atomic E-state index is 12.2. The monoisotopic (exact) mass is 395 g/mol. The van der Waals surface area contributed by atoms with Crippen LogP contribution in [-0.2, 0) is 14.3 Å². The van der Waals surface area contributed by atoms with Crippen molar-refractivity contribution >= 4 is 34.4 Å². The van der Waals surface area contributed by atoms with Crippen molar-refractivity contribution in [2.75, 3.05) is 13.7 Å². The SMILES string of the molecule is COC(=O)[C@@H](CC(C)C)NC(=O)COc1cc2oc(=O)cc(C)c2cc1Cl. The summed E-state index contributed by atoms with van der Waals surface area (Å²) >= 11 is 6.20. The molecule has 27 heavy (non-hydrogen) atoms. The lowest BCUT2D eigenvalue weighted by Crippen LogP contribution is -2.44. The van der Waals surface area contributed by atoms with Gasteiger partial charge in [-0.25, -0.2) is 9.59 Å². The Morgan fingerprint density at radius 3 is 2.59 bits per heavy atom. The molecule has 1 aromatic carbocycles. The van der Waals surface area contributed by atoms with E-state index >= 15 is 0 Å². The van der Waals surface area contributed by atoms with Crippen molar-refractivity contribution in [3.63, 3.8) is 0 Å². The van der Waals surface area contributed by atoms with Crippen LogP contribution in [0.5, 0.6) is 5.75 Å². The average molecular weight is 396 g/mol. The van der Waals surface area contributed by atoms with E-state index in [0.29, 0.717) is 17.4 Å². The van der Waals surface area contributed by atoms with Crippen molar-refractivity contribution in [3.8, 4) is 5.75 Å². The smallest absolute Gasteiger partial charge is 0.336 e. The molecule has 0 saturated heterocycles. The van der Waals surface area contributed by atoms with Gasteiger partial charge in [0.15, 0.2) is 6.61 Å². The lowest BCUT2D eigenvalue weighted by molar-refractivity contribution is -0.145. The average Bonchev–Trinajstić information content (AvgIpc) is 2.59. The topological polar surface area (TPSA) is 94.8 Å². The van der Waals surface area contributed by atoms with E-state index in [9.17, 15) is 14.4 Å². The van der Waals surface area contributed by atoms with Crippen LogP contribution >= 0.6 is 11.6 Å². The first-order valence-electron chi connectivity index (χ1n) is 8.45. The van der Waals surface area contributed by atoms with Gasteiger partial charge in [-0.2, -0.15) is 0 Å². The number of carbonyl (C=O) groups is 2. The van der Waals surface area contributed by atoms with Crippen molar-refractivity contribution in [1.29, 1.82) is 0 Å². The number of hydrogen-bond acceptors (Lipinski definition) is 6. The molecule has 0 radical (unpaired) electrons. The Bertz CT molecular complexity index is 905. The fraction of sp³-hybridized carbons (Fsp3) is 0.421. The van der Waals surface area contributed by atoms with E-state index in [1.165, 1.54) is 19.2 Å². The number of aryl methyl sites for hydroxylation is 1. The molecule has 0 aliphatic rings. The molecule has 0 unspecified atom stereocenters. The Hall–Kier alpha value is -2.54. The molecule has 8 heteroatoms. The van der Waals surface area contributed by atoms with E-state index in [0.717, 1.165) is 5.56 Å². The number of carbonyl (C=O) groups excluding carboxylic acids is 2. The number of halogens is 1. The molecule has 1 heterocycles. The summed E-state index contributed by atoms with van der Waals surface area (Å²) in [6, 6.07) is 3.69. The third-order valence-electron chi connectivity index (χ3n) is 3.89. The molecule has 7 nitrogen and oxygen atoms in total. The Balaban J connectivity index is 2.11. The summed E-state index contributed by atoms with van der Waals surface area (Å²) in [5.41, 5.74) is 0.551. The van der Waals surface area contributed by atoms with Gasteiger partial charge in [0.25, 0.3) is 5.91 Å². The molecule has 2 aromatic rings. The lowest BCUT2D eigenvalue weighted by atomic mass is 10.0. The van der Waals surface area contributed by atoms with Crippen molar-refractivity contribution in [1.82, 2.24) is 5.32 Å². The fourth-order valence-electron chi connectivity index (χ4n) is 2.64. The Morgan fingerprint density at radius 2 is 1.96 bits per heavy atom. The van der Waals surface area contributed by atoms with Gasteiger partial charge in [0, 0.05) is 17.5 Å². The van der Waals surface area contributed by atoms with E-state index < -0.39 is 23.5 Å². The second-order valence-electron chi connectivity index (χ2n) is 6.59. The Kier molecular flexibility index (Phi) is 6.85. The molecule has 0 spiro atoms. The molecule has 0 bridgehead atoms. The number of hydrogen-bond donors (Lipinski definition) is 1. The van der Waals surface area contributed by atoms with Gasteiger partial charge < -0.3 is 19.2 Å². The maximum atomic E-state index is 12.2. The number of nitrogens with one attached hydrogen (secondary N) is 1. The fourth-order valence-corrected chi connectivity index (χ4v) is 2.86. The summed E-state index contributed by atoms with van der Waals surface area (Å²) in [6.07, 6.45) is 0.444. The first-order chi connectivity index (χ1) is 12.7. The quantitative estimate of drug-likeness (QED) is 0.572. The van der Waals surface area contributed by atoms with Crippen LogP contribution in [0.4, 0.5) is 0 Å². The van der Waals surface area contributed by atoms with Crippen molar-refractivity contribution in [3.05, 3.63) is 39.2 Å². The zero-order chi connectivity index (χ0) is 20.1. The second kappa shape index (κ2) is 8.90. The number of methoxy groups -OCH3 is 1. The first kappa shape index (κ1) is 20.8. The van der Waals surface area contributed by atoms with Gasteiger partial charge in [-0.15, -0.1) is 0 Å². The standard InChI is InChI=1S/C19H22ClNO6/c1-10(2)5-14(19(24)25-4)21-17(22)9-26-16-8-15-12(7-13(16)20)11(3)6-18(23)27-15/h6-8,10,14H,5,9H2,1-4H3,(H,21,22)/t14-/m1/s1. The van der Waals surface area contributed by atoms with E-state index in [1.807, 2.05) is 13.8 Å². The lowest BCUT2D eigenvalue weighted by Gasteiger charge is -2.18. The summed E-state index contributed by atoms with van der Waals surface area (Å²) in [6.45, 7) is 5.28. The molecule has 1 atom stereocenters. The van der Waals surface area contributed by atoms with Gasteiger partial charge in [0.1, 0.15) is 17.4 Å². The normalized spacial score (nSPS) is 12.1. The van der Waals surface area contributed by atoms with Gasteiger partial charge in [0.05, 0.1) is 12.1 Å². The summed E-state index contributed by atoms with van der Waals surface area (Å²) in [5, 5.41) is 3.55. The van der Waals surface area contributed by atoms with Crippen LogP contribution in [-0.4, -0.2) is 31.6 Å². The van der Waals surface area contributed by atoms with Crippen LogP contribution in [0.25, 0.3) is 11.0 Å². The van der Waals surface area contributed by atoms with Crippen LogP contribution in [0.15, 0.2) is 27.4 Å². The van der Waals surface area contributed by atoms with E-state index in [-0.39, 0.29) is 23.3 Å². The summed E-state index contributed by atoms with van der Waals surface area (Å²) in [5.74, 6) is -0.617. The maximum Gasteiger partial charge on any atom is 0.336 e. The molecule has 146 valence electrons. The molecule has 0 saturated carbocycles. The summed E-state index contributed by atoms with van der Waals surface area (Å²) in [7, 11) is 1.27. The van der Waals surface area contributed by atoms with Gasteiger partial charge in [-0.1, -0.05) is 25.4 Å². The number of fused-ring (bicyclic) bond motifs is 1. The van der Waals surface area contributed by atoms with Crippen LogP contribution in [0.2, 0.25) is 5.02 Å². The van der Waals surface area contributed by atoms with Gasteiger partial charge in [-0.05, 0) is 30.9 Å². The van der Waals surface area contributed by atoms with Gasteiger partial charge in [0.2, 0.25) is 0 Å². The molecule has 0 aliphatic heterocycles. The largest absolute Gasteiger partial charge is 0.482 e. The molecule has 0 aliphatic carbocycles. The van der Waals surface area contributed by atoms with Crippen LogP contribution in [0, 0.1) is 12.8 Å². The predicted octanol–water partition coefficient (Wildman–Crippen LogP) is 2.84. The molecule has 1 aromatic heterocycles.